The van der Waals surface area contributed by atoms with E-state index >= 15 is 0 Å². The van der Waals surface area contributed by atoms with E-state index < -0.39 is 5.60 Å². The molecule has 2 aliphatic rings. The van der Waals surface area contributed by atoms with Gasteiger partial charge in [0.15, 0.2) is 5.82 Å². The summed E-state index contributed by atoms with van der Waals surface area (Å²) in [5.74, 6) is 1.27. The second-order valence-electron chi connectivity index (χ2n) is 6.97. The molecule has 122 valence electrons. The van der Waals surface area contributed by atoms with Crippen LogP contribution in [0.5, 0.6) is 0 Å². The van der Waals surface area contributed by atoms with Gasteiger partial charge in [-0.05, 0) is 31.4 Å². The monoisotopic (exact) mass is 312 g/mol. The Balaban J connectivity index is 1.42. The lowest BCUT2D eigenvalue weighted by Crippen LogP contribution is -2.53. The highest BCUT2D eigenvalue weighted by Crippen LogP contribution is 2.39. The van der Waals surface area contributed by atoms with Gasteiger partial charge in [-0.15, -0.1) is 5.10 Å². The fourth-order valence-corrected chi connectivity index (χ4v) is 4.06. The van der Waals surface area contributed by atoms with Gasteiger partial charge in [0.25, 0.3) is 0 Å². The first kappa shape index (κ1) is 14.8. The lowest BCUT2D eigenvalue weighted by Gasteiger charge is -2.47. The number of hydrogen-bond donors (Lipinski definition) is 1. The van der Waals surface area contributed by atoms with Crippen molar-refractivity contribution >= 4 is 0 Å². The summed E-state index contributed by atoms with van der Waals surface area (Å²) < 4.78 is 1.83. The third-order valence-corrected chi connectivity index (χ3v) is 5.44. The van der Waals surface area contributed by atoms with Gasteiger partial charge in [0.1, 0.15) is 6.33 Å². The van der Waals surface area contributed by atoms with E-state index in [9.17, 15) is 5.11 Å². The minimum Gasteiger partial charge on any atom is -0.390 e. The fraction of sp³-hybridized carbons (Fsp3) is 0.556. The molecule has 1 N–H and O–H groups in total. The molecule has 2 aromatic rings. The summed E-state index contributed by atoms with van der Waals surface area (Å²) in [6, 6.07) is 10.1. The number of nitrogens with zero attached hydrogens (tertiary/aromatic N) is 4. The Labute approximate surface area is 137 Å². The summed E-state index contributed by atoms with van der Waals surface area (Å²) in [4.78, 5) is 6.85. The van der Waals surface area contributed by atoms with E-state index in [0.29, 0.717) is 5.92 Å². The van der Waals surface area contributed by atoms with Gasteiger partial charge in [0.2, 0.25) is 0 Å². The van der Waals surface area contributed by atoms with Crippen molar-refractivity contribution in [2.24, 2.45) is 5.92 Å². The van der Waals surface area contributed by atoms with Crippen LogP contribution in [0, 0.1) is 5.92 Å². The van der Waals surface area contributed by atoms with Crippen molar-refractivity contribution in [2.75, 3.05) is 13.1 Å². The maximum Gasteiger partial charge on any atom is 0.164 e. The van der Waals surface area contributed by atoms with Crippen molar-refractivity contribution < 1.29 is 5.11 Å². The molecule has 1 saturated heterocycles. The molecular weight excluding hydrogens is 288 g/mol. The van der Waals surface area contributed by atoms with E-state index in [1.165, 1.54) is 12.8 Å². The quantitative estimate of drug-likeness (QED) is 0.945. The van der Waals surface area contributed by atoms with E-state index in [4.69, 9.17) is 0 Å². The Hall–Kier alpha value is -1.72. The molecule has 0 radical (unpaired) electrons. The minimum atomic E-state index is -0.411. The molecule has 2 atom stereocenters. The largest absolute Gasteiger partial charge is 0.390 e. The van der Waals surface area contributed by atoms with Crippen LogP contribution in [-0.2, 0) is 6.54 Å². The van der Waals surface area contributed by atoms with Gasteiger partial charge in [-0.25, -0.2) is 9.67 Å². The minimum absolute atomic E-state index is 0.411. The first-order valence-corrected chi connectivity index (χ1v) is 8.64. The van der Waals surface area contributed by atoms with Crippen LogP contribution in [0.1, 0.15) is 37.9 Å². The van der Waals surface area contributed by atoms with Gasteiger partial charge in [-0.2, -0.15) is 0 Å². The maximum atomic E-state index is 10.8. The smallest absolute Gasteiger partial charge is 0.164 e. The van der Waals surface area contributed by atoms with E-state index in [-0.39, 0.29) is 0 Å². The Morgan fingerprint density at radius 3 is 2.91 bits per heavy atom. The van der Waals surface area contributed by atoms with Gasteiger partial charge < -0.3 is 5.11 Å². The first-order valence-electron chi connectivity index (χ1n) is 8.64. The highest BCUT2D eigenvalue weighted by atomic mass is 16.3. The van der Waals surface area contributed by atoms with Crippen LogP contribution < -0.4 is 0 Å². The van der Waals surface area contributed by atoms with Crippen molar-refractivity contribution in [3.05, 3.63) is 42.5 Å². The molecule has 1 saturated carbocycles. The van der Waals surface area contributed by atoms with Crippen LogP contribution in [0.25, 0.3) is 5.69 Å². The molecule has 2 fully saturated rings. The Morgan fingerprint density at radius 1 is 1.17 bits per heavy atom. The Kier molecular flexibility index (Phi) is 3.91. The summed E-state index contributed by atoms with van der Waals surface area (Å²) in [6.45, 7) is 2.68. The molecule has 4 rings (SSSR count). The number of hydrogen-bond acceptors (Lipinski definition) is 4. The molecule has 23 heavy (non-hydrogen) atoms. The van der Waals surface area contributed by atoms with Crippen molar-refractivity contribution in [1.29, 1.82) is 0 Å². The molecule has 1 aliphatic heterocycles. The van der Waals surface area contributed by atoms with Crippen LogP contribution in [0.2, 0.25) is 0 Å². The second kappa shape index (κ2) is 6.06. The number of aromatic nitrogens is 3. The fourth-order valence-electron chi connectivity index (χ4n) is 4.06. The zero-order valence-corrected chi connectivity index (χ0v) is 13.4. The highest BCUT2D eigenvalue weighted by Gasteiger charge is 2.42. The predicted octanol–water partition coefficient (Wildman–Crippen LogP) is 2.39. The third kappa shape index (κ3) is 3.03. The van der Waals surface area contributed by atoms with Crippen molar-refractivity contribution in [3.63, 3.8) is 0 Å². The Bertz CT molecular complexity index is 656. The number of rotatable bonds is 3. The van der Waals surface area contributed by atoms with Crippen LogP contribution in [0.3, 0.4) is 0 Å². The second-order valence-corrected chi connectivity index (χ2v) is 6.97. The number of likely N-dealkylation sites (tertiary alicyclic amines) is 1. The third-order valence-electron chi connectivity index (χ3n) is 5.44. The van der Waals surface area contributed by atoms with Gasteiger partial charge in [0, 0.05) is 19.0 Å². The summed E-state index contributed by atoms with van der Waals surface area (Å²) in [5, 5.41) is 15.4. The van der Waals surface area contributed by atoms with E-state index in [1.54, 1.807) is 6.33 Å². The Morgan fingerprint density at radius 2 is 2.04 bits per heavy atom. The SMILES string of the molecule is OC12CCCCC1CN(Cc1ncn(-c3ccccc3)n1)CC2. The van der Waals surface area contributed by atoms with E-state index in [1.807, 2.05) is 35.0 Å². The van der Waals surface area contributed by atoms with E-state index in [0.717, 1.165) is 50.4 Å². The lowest BCUT2D eigenvalue weighted by molar-refractivity contribution is -0.0971. The van der Waals surface area contributed by atoms with Gasteiger partial charge in [-0.1, -0.05) is 31.0 Å². The summed E-state index contributed by atoms with van der Waals surface area (Å²) >= 11 is 0. The summed E-state index contributed by atoms with van der Waals surface area (Å²) in [7, 11) is 0. The van der Waals surface area contributed by atoms with E-state index in [2.05, 4.69) is 15.0 Å². The molecule has 0 amide bonds. The number of benzene rings is 1. The highest BCUT2D eigenvalue weighted by molar-refractivity contribution is 5.29. The maximum absolute atomic E-state index is 10.8. The van der Waals surface area contributed by atoms with Crippen LogP contribution in [0.4, 0.5) is 0 Å². The zero-order valence-electron chi connectivity index (χ0n) is 13.4. The molecule has 5 nitrogen and oxygen atoms in total. The molecule has 1 aromatic heterocycles. The molecule has 0 spiro atoms. The average molecular weight is 312 g/mol. The predicted molar refractivity (Wildman–Crippen MR) is 88.2 cm³/mol. The van der Waals surface area contributed by atoms with Gasteiger partial charge >= 0.3 is 0 Å². The molecule has 2 unspecified atom stereocenters. The first-order chi connectivity index (χ1) is 11.2. The lowest BCUT2D eigenvalue weighted by atomic mass is 9.71. The van der Waals surface area contributed by atoms with Gasteiger partial charge in [-0.3, -0.25) is 4.90 Å². The summed E-state index contributed by atoms with van der Waals surface area (Å²) in [5.41, 5.74) is 0.623. The summed E-state index contributed by atoms with van der Waals surface area (Å²) in [6.07, 6.45) is 7.23. The molecule has 1 aliphatic carbocycles. The molecule has 5 heteroatoms. The normalized spacial score (nSPS) is 28.5. The van der Waals surface area contributed by atoms with Crippen molar-refractivity contribution in [3.8, 4) is 5.69 Å². The average Bonchev–Trinajstić information content (AvgIpc) is 3.04. The van der Waals surface area contributed by atoms with Crippen LogP contribution >= 0.6 is 0 Å². The molecule has 2 heterocycles. The number of piperidine rings is 1. The van der Waals surface area contributed by atoms with Crippen LogP contribution in [0.15, 0.2) is 36.7 Å². The van der Waals surface area contributed by atoms with Crippen LogP contribution in [-0.4, -0.2) is 43.5 Å². The van der Waals surface area contributed by atoms with Crippen molar-refractivity contribution in [1.82, 2.24) is 19.7 Å². The molecular formula is C18H24N4O. The topological polar surface area (TPSA) is 54.2 Å². The molecule has 1 aromatic carbocycles. The van der Waals surface area contributed by atoms with Crippen molar-refractivity contribution in [2.45, 2.75) is 44.2 Å². The molecule has 0 bridgehead atoms. The van der Waals surface area contributed by atoms with Gasteiger partial charge in [0.05, 0.1) is 17.8 Å². The zero-order chi connectivity index (χ0) is 15.7. The number of aliphatic hydroxyl groups is 1. The number of para-hydroxylation sites is 1. The standard InChI is InChI=1S/C18H24N4O/c23-18-9-5-4-6-15(18)12-21(11-10-18)13-17-19-14-22(20-17)16-7-2-1-3-8-16/h1-3,7-8,14-15,23H,4-6,9-13H2. The number of fused-ring (bicyclic) bond motifs is 1.